The van der Waals surface area contributed by atoms with Crippen molar-refractivity contribution >= 4 is 65.9 Å². The highest BCUT2D eigenvalue weighted by Crippen LogP contribution is 2.16. The normalized spacial score (nSPS) is 11.8. The van der Waals surface area contributed by atoms with Crippen molar-refractivity contribution in [3.05, 3.63) is 0 Å². The fourth-order valence-electron chi connectivity index (χ4n) is 6.35. The molecule has 31 nitrogen and oxygen atoms in total. The summed E-state index contributed by atoms with van der Waals surface area (Å²) in [6.07, 6.45) is -3.69. The summed E-state index contributed by atoms with van der Waals surface area (Å²) in [5.41, 5.74) is -5.63. The molecule has 4 amide bonds. The van der Waals surface area contributed by atoms with E-state index in [-0.39, 0.29) is 91.9 Å². The van der Waals surface area contributed by atoms with Crippen molar-refractivity contribution in [3.8, 4) is 0 Å². The van der Waals surface area contributed by atoms with Crippen molar-refractivity contribution in [2.75, 3.05) is 125 Å². The Morgan fingerprint density at radius 2 is 0.608 bits per heavy atom. The van der Waals surface area contributed by atoms with Gasteiger partial charge >= 0.3 is 41.9 Å². The molecule has 0 aliphatic carbocycles. The number of amides is 4. The maximum absolute atomic E-state index is 13.6. The fourth-order valence-corrected chi connectivity index (χ4v) is 6.35. The van der Waals surface area contributed by atoms with Crippen LogP contribution in [0, 0.1) is 0 Å². The molecular weight excluding hydrogens is 1060 g/mol. The number of aldehydes is 1. The maximum atomic E-state index is 13.6. The SMILES string of the molecule is CC(C)(C)OC(=O)NCCCC(=O)NC(COCCC=O)(COCCC(=O)NC(COCCC(=O)O)(COCCC(=O)O)COCCC(=O)O)COCCC(=O)NC(COCCC(=O)O)(COCCC(=O)O)COCCC(=O)O. The molecule has 79 heavy (non-hydrogen) atoms. The third-order valence-corrected chi connectivity index (χ3v) is 9.96. The van der Waals surface area contributed by atoms with Gasteiger partial charge in [0.25, 0.3) is 0 Å². The number of ether oxygens (including phenoxy) is 10. The van der Waals surface area contributed by atoms with Crippen LogP contribution in [0.2, 0.25) is 0 Å². The number of aliphatic carboxylic acids is 6. The Hall–Kier alpha value is -6.19. The molecule has 0 rings (SSSR count). The van der Waals surface area contributed by atoms with E-state index in [1.165, 1.54) is 0 Å². The predicted molar refractivity (Wildman–Crippen MR) is 267 cm³/mol. The molecule has 454 valence electrons. The van der Waals surface area contributed by atoms with Gasteiger partial charge in [-0.05, 0) is 27.2 Å². The van der Waals surface area contributed by atoms with Crippen LogP contribution in [0.1, 0.15) is 91.4 Å². The minimum absolute atomic E-state index is 0.0188. The molecule has 0 saturated carbocycles. The van der Waals surface area contributed by atoms with Crippen LogP contribution in [0.5, 0.6) is 0 Å². The van der Waals surface area contributed by atoms with Gasteiger partial charge in [-0.3, -0.25) is 43.2 Å². The third-order valence-electron chi connectivity index (χ3n) is 9.96. The highest BCUT2D eigenvalue weighted by molar-refractivity contribution is 5.78. The average Bonchev–Trinajstić information content (AvgIpc) is 3.34. The van der Waals surface area contributed by atoms with Crippen LogP contribution in [0.3, 0.4) is 0 Å². The topological polar surface area (TPSA) is 450 Å². The first kappa shape index (κ1) is 72.8. The van der Waals surface area contributed by atoms with E-state index in [0.29, 0.717) is 6.29 Å². The van der Waals surface area contributed by atoms with E-state index in [9.17, 15) is 52.7 Å². The van der Waals surface area contributed by atoms with Gasteiger partial charge < -0.3 is 104 Å². The van der Waals surface area contributed by atoms with Crippen molar-refractivity contribution in [2.45, 2.75) is 114 Å². The predicted octanol–water partition coefficient (Wildman–Crippen LogP) is -0.777. The first-order valence-corrected chi connectivity index (χ1v) is 25.1. The molecule has 0 saturated heterocycles. The monoisotopic (exact) mass is 1140 g/mol. The average molecular weight is 1150 g/mol. The molecule has 10 N–H and O–H groups in total. The maximum Gasteiger partial charge on any atom is 0.407 e. The lowest BCUT2D eigenvalue weighted by molar-refractivity contribution is -0.142. The van der Waals surface area contributed by atoms with E-state index in [1.54, 1.807) is 20.8 Å². The van der Waals surface area contributed by atoms with Gasteiger partial charge in [-0.25, -0.2) is 4.79 Å². The van der Waals surface area contributed by atoms with Crippen LogP contribution in [0.15, 0.2) is 0 Å². The fraction of sp³-hybridized carbons (Fsp3) is 0.771. The van der Waals surface area contributed by atoms with Gasteiger partial charge in [0.1, 0.15) is 28.5 Å². The Morgan fingerprint density at radius 1 is 0.367 bits per heavy atom. The Balaban J connectivity index is 6.69. The zero-order valence-corrected chi connectivity index (χ0v) is 45.0. The van der Waals surface area contributed by atoms with E-state index in [0.717, 1.165) is 0 Å². The lowest BCUT2D eigenvalue weighted by Crippen LogP contribution is -2.59. The minimum atomic E-state index is -1.62. The Kier molecular flexibility index (Phi) is 38.5. The number of carboxylic acid groups (broad SMARTS) is 6. The van der Waals surface area contributed by atoms with Crippen LogP contribution in [0.25, 0.3) is 0 Å². The van der Waals surface area contributed by atoms with Crippen LogP contribution < -0.4 is 21.3 Å². The first-order chi connectivity index (χ1) is 37.3. The van der Waals surface area contributed by atoms with Gasteiger partial charge in [0, 0.05) is 32.2 Å². The summed E-state index contributed by atoms with van der Waals surface area (Å²) in [6, 6.07) is 0. The number of rotatable bonds is 52. The van der Waals surface area contributed by atoms with Crippen molar-refractivity contribution in [1.29, 1.82) is 0 Å². The molecule has 0 fully saturated rings. The molecule has 31 heteroatoms. The second kappa shape index (κ2) is 41.8. The Morgan fingerprint density at radius 3 is 0.848 bits per heavy atom. The zero-order chi connectivity index (χ0) is 59.6. The van der Waals surface area contributed by atoms with Crippen LogP contribution in [0.4, 0.5) is 4.79 Å². The number of carboxylic acids is 6. The van der Waals surface area contributed by atoms with Gasteiger partial charge in [-0.1, -0.05) is 0 Å². The summed E-state index contributed by atoms with van der Waals surface area (Å²) < 4.78 is 56.1. The van der Waals surface area contributed by atoms with E-state index in [4.69, 9.17) is 78.0 Å². The van der Waals surface area contributed by atoms with Gasteiger partial charge in [0.15, 0.2) is 0 Å². The molecule has 0 aromatic rings. The molecule has 0 radical (unpaired) electrons. The zero-order valence-electron chi connectivity index (χ0n) is 45.0. The number of nitrogens with one attached hydrogen (secondary N) is 4. The molecule has 0 spiro atoms. The lowest BCUT2D eigenvalue weighted by atomic mass is 10.0. The molecule has 0 bridgehead atoms. The smallest absolute Gasteiger partial charge is 0.407 e. The largest absolute Gasteiger partial charge is 0.481 e. The Bertz CT molecular complexity index is 1670. The van der Waals surface area contributed by atoms with Gasteiger partial charge in [0.2, 0.25) is 17.7 Å². The van der Waals surface area contributed by atoms with Gasteiger partial charge in [-0.15, -0.1) is 0 Å². The van der Waals surface area contributed by atoms with E-state index < -0.39 is 186 Å². The van der Waals surface area contributed by atoms with Crippen LogP contribution in [-0.4, -0.2) is 244 Å². The summed E-state index contributed by atoms with van der Waals surface area (Å²) in [7, 11) is 0. The number of carbonyl (C=O) groups is 11. The van der Waals surface area contributed by atoms with Crippen molar-refractivity contribution in [3.63, 3.8) is 0 Å². The Labute approximate surface area is 456 Å². The molecule has 0 unspecified atom stereocenters. The number of alkyl carbamates (subject to hydrolysis) is 1. The minimum Gasteiger partial charge on any atom is -0.481 e. The summed E-state index contributed by atoms with van der Waals surface area (Å²) in [5, 5.41) is 65.4. The van der Waals surface area contributed by atoms with E-state index in [2.05, 4.69) is 21.3 Å². The molecule has 0 aromatic carbocycles. The highest BCUT2D eigenvalue weighted by Gasteiger charge is 2.37. The summed E-state index contributed by atoms with van der Waals surface area (Å²) in [6.45, 7) is -1.63. The number of hydrogen-bond donors (Lipinski definition) is 10. The first-order valence-electron chi connectivity index (χ1n) is 25.1. The van der Waals surface area contributed by atoms with E-state index >= 15 is 0 Å². The van der Waals surface area contributed by atoms with Gasteiger partial charge in [0.05, 0.1) is 157 Å². The molecule has 0 aliphatic rings. The molecule has 0 atom stereocenters. The van der Waals surface area contributed by atoms with Crippen molar-refractivity contribution < 1.29 is 131 Å². The van der Waals surface area contributed by atoms with Crippen molar-refractivity contribution in [2.24, 2.45) is 0 Å². The summed E-state index contributed by atoms with van der Waals surface area (Å²) >= 11 is 0. The molecule has 0 heterocycles. The summed E-state index contributed by atoms with van der Waals surface area (Å²) in [5.74, 6) is -9.22. The molecule has 0 aliphatic heterocycles. The van der Waals surface area contributed by atoms with E-state index in [1.807, 2.05) is 0 Å². The van der Waals surface area contributed by atoms with Crippen LogP contribution in [-0.2, 0) is 95.3 Å². The highest BCUT2D eigenvalue weighted by atomic mass is 16.6. The standard InChI is InChI=1S/C48H80N4O27/c1-45(2,3)79-44(69)49-15-4-6-35(54)50-46(26-70-17-5-16-53,27-71-18-7-36(55)51-47(29-73-20-9-38(57)58,30-74-21-10-39(59)60)31-75-22-11-40(61)62)28-72-19-8-37(56)52-48(32-76-23-12-41(63)64,33-77-24-13-42(65)66)34-78-25-14-43(67)68/h16H,4-15,17-34H2,1-3H3,(H,49,69)(H,50,54)(H,51,55)(H,52,56)(H,57,58)(H,59,60)(H,61,62)(H,63,64)(H,65,66)(H,67,68). The number of carbonyl (C=O) groups excluding carboxylic acids is 5. The van der Waals surface area contributed by atoms with Crippen LogP contribution >= 0.6 is 0 Å². The molecule has 0 aromatic heterocycles. The second-order valence-corrected chi connectivity index (χ2v) is 18.8. The quantitative estimate of drug-likeness (QED) is 0.0264. The third kappa shape index (κ3) is 41.5. The van der Waals surface area contributed by atoms with Crippen molar-refractivity contribution in [1.82, 2.24) is 21.3 Å². The number of hydrogen-bond acceptors (Lipinski definition) is 21. The van der Waals surface area contributed by atoms with Gasteiger partial charge in [-0.2, -0.15) is 0 Å². The summed E-state index contributed by atoms with van der Waals surface area (Å²) in [4.78, 5) is 131. The molecular formula is C48H80N4O27. The lowest BCUT2D eigenvalue weighted by Gasteiger charge is -2.35. The second-order valence-electron chi connectivity index (χ2n) is 18.8.